The third-order valence-corrected chi connectivity index (χ3v) is 3.17. The van der Waals surface area contributed by atoms with E-state index in [0.717, 1.165) is 30.6 Å². The number of pyridine rings is 1. The third-order valence-electron chi connectivity index (χ3n) is 3.17. The van der Waals surface area contributed by atoms with Crippen LogP contribution in [0.1, 0.15) is 42.7 Å². The van der Waals surface area contributed by atoms with E-state index in [2.05, 4.69) is 29.5 Å². The smallest absolute Gasteiger partial charge is 0.0804 e. The van der Waals surface area contributed by atoms with Crippen LogP contribution < -0.4 is 0 Å². The standard InChI is InChI=1S/C15H20N2O/c1-3-5-15(18)13-7-9-17(10-13)11-14-12(2)6-4-8-16-14/h4,6-10,15,18H,3,5,11H2,1-2H3. The molecule has 3 nitrogen and oxygen atoms in total. The molecule has 3 heteroatoms. The van der Waals surface area contributed by atoms with Crippen molar-refractivity contribution < 1.29 is 5.11 Å². The second-order valence-corrected chi connectivity index (χ2v) is 4.69. The minimum atomic E-state index is -0.346. The summed E-state index contributed by atoms with van der Waals surface area (Å²) >= 11 is 0. The normalized spacial score (nSPS) is 12.6. The van der Waals surface area contributed by atoms with Gasteiger partial charge in [0.15, 0.2) is 0 Å². The van der Waals surface area contributed by atoms with Crippen LogP contribution in [-0.2, 0) is 6.54 Å². The van der Waals surface area contributed by atoms with E-state index in [1.54, 1.807) is 0 Å². The molecule has 0 spiro atoms. The Labute approximate surface area is 108 Å². The van der Waals surface area contributed by atoms with E-state index in [1.165, 1.54) is 5.56 Å². The summed E-state index contributed by atoms with van der Waals surface area (Å²) in [7, 11) is 0. The molecule has 2 rings (SSSR count). The van der Waals surface area contributed by atoms with Gasteiger partial charge in [0.05, 0.1) is 18.3 Å². The molecule has 0 bridgehead atoms. The van der Waals surface area contributed by atoms with Crippen molar-refractivity contribution in [2.24, 2.45) is 0 Å². The molecule has 2 aromatic rings. The fraction of sp³-hybridized carbons (Fsp3) is 0.400. The van der Waals surface area contributed by atoms with E-state index in [9.17, 15) is 5.11 Å². The first-order chi connectivity index (χ1) is 8.70. The first-order valence-electron chi connectivity index (χ1n) is 6.45. The topological polar surface area (TPSA) is 38.0 Å². The Bertz CT molecular complexity index is 505. The lowest BCUT2D eigenvalue weighted by atomic mass is 10.1. The molecule has 96 valence electrons. The zero-order valence-electron chi connectivity index (χ0n) is 11.0. The van der Waals surface area contributed by atoms with E-state index in [1.807, 2.05) is 30.7 Å². The average molecular weight is 244 g/mol. The minimum Gasteiger partial charge on any atom is -0.388 e. The molecule has 0 radical (unpaired) electrons. The Kier molecular flexibility index (Phi) is 4.15. The lowest BCUT2D eigenvalue weighted by molar-refractivity contribution is 0.166. The van der Waals surface area contributed by atoms with Crippen molar-refractivity contribution in [1.29, 1.82) is 0 Å². The van der Waals surface area contributed by atoms with Gasteiger partial charge in [-0.05, 0) is 36.6 Å². The van der Waals surface area contributed by atoms with E-state index >= 15 is 0 Å². The molecule has 0 saturated heterocycles. The summed E-state index contributed by atoms with van der Waals surface area (Å²) in [6.45, 7) is 4.90. The van der Waals surface area contributed by atoms with Gasteiger partial charge in [0.1, 0.15) is 0 Å². The number of rotatable bonds is 5. The van der Waals surface area contributed by atoms with Crippen LogP contribution in [0, 0.1) is 6.92 Å². The minimum absolute atomic E-state index is 0.346. The van der Waals surface area contributed by atoms with Crippen molar-refractivity contribution in [3.8, 4) is 0 Å². The number of aliphatic hydroxyl groups is 1. The number of nitrogens with zero attached hydrogens (tertiary/aromatic N) is 2. The number of aryl methyl sites for hydroxylation is 1. The van der Waals surface area contributed by atoms with Crippen molar-refractivity contribution >= 4 is 0 Å². The molecule has 1 atom stereocenters. The van der Waals surface area contributed by atoms with Crippen molar-refractivity contribution in [2.45, 2.75) is 39.3 Å². The van der Waals surface area contributed by atoms with Gasteiger partial charge in [-0.3, -0.25) is 4.98 Å². The summed E-state index contributed by atoms with van der Waals surface area (Å²) in [5.41, 5.74) is 3.26. The van der Waals surface area contributed by atoms with Gasteiger partial charge >= 0.3 is 0 Å². The summed E-state index contributed by atoms with van der Waals surface area (Å²) in [5, 5.41) is 9.93. The summed E-state index contributed by atoms with van der Waals surface area (Å²) in [5.74, 6) is 0. The summed E-state index contributed by atoms with van der Waals surface area (Å²) < 4.78 is 2.07. The Morgan fingerprint density at radius 3 is 2.94 bits per heavy atom. The molecule has 18 heavy (non-hydrogen) atoms. The highest BCUT2D eigenvalue weighted by Gasteiger charge is 2.08. The SMILES string of the molecule is CCCC(O)c1ccn(Cc2ncccc2C)c1. The van der Waals surface area contributed by atoms with Crippen LogP contribution in [-0.4, -0.2) is 14.7 Å². The lowest BCUT2D eigenvalue weighted by Gasteiger charge is -2.07. The molecule has 0 amide bonds. The molecule has 1 N–H and O–H groups in total. The highest BCUT2D eigenvalue weighted by Crippen LogP contribution is 2.19. The average Bonchev–Trinajstić information content (AvgIpc) is 2.81. The molecule has 0 saturated carbocycles. The van der Waals surface area contributed by atoms with E-state index in [0.29, 0.717) is 0 Å². The fourth-order valence-corrected chi connectivity index (χ4v) is 2.05. The van der Waals surface area contributed by atoms with Gasteiger partial charge < -0.3 is 9.67 Å². The Hall–Kier alpha value is -1.61. The maximum absolute atomic E-state index is 9.93. The van der Waals surface area contributed by atoms with E-state index < -0.39 is 0 Å². The van der Waals surface area contributed by atoms with Crippen LogP contribution in [0.25, 0.3) is 0 Å². The van der Waals surface area contributed by atoms with Gasteiger partial charge in [-0.2, -0.15) is 0 Å². The molecule has 2 heterocycles. The highest BCUT2D eigenvalue weighted by atomic mass is 16.3. The number of hydrogen-bond donors (Lipinski definition) is 1. The summed E-state index contributed by atoms with van der Waals surface area (Å²) in [4.78, 5) is 4.38. The predicted molar refractivity (Wildman–Crippen MR) is 72.4 cm³/mol. The van der Waals surface area contributed by atoms with Gasteiger partial charge in [-0.1, -0.05) is 19.4 Å². The van der Waals surface area contributed by atoms with Crippen molar-refractivity contribution in [3.05, 3.63) is 53.6 Å². The Balaban J connectivity index is 2.09. The monoisotopic (exact) mass is 244 g/mol. The molecular weight excluding hydrogens is 224 g/mol. The fourth-order valence-electron chi connectivity index (χ4n) is 2.05. The number of hydrogen-bond acceptors (Lipinski definition) is 2. The second kappa shape index (κ2) is 5.83. The Morgan fingerprint density at radius 2 is 2.22 bits per heavy atom. The first-order valence-corrected chi connectivity index (χ1v) is 6.45. The molecule has 0 aliphatic rings. The van der Waals surface area contributed by atoms with E-state index in [4.69, 9.17) is 0 Å². The van der Waals surface area contributed by atoms with Crippen LogP contribution >= 0.6 is 0 Å². The van der Waals surface area contributed by atoms with Gasteiger partial charge in [-0.25, -0.2) is 0 Å². The Morgan fingerprint density at radius 1 is 1.39 bits per heavy atom. The summed E-state index contributed by atoms with van der Waals surface area (Å²) in [6, 6.07) is 6.00. The van der Waals surface area contributed by atoms with Crippen LogP contribution in [0.2, 0.25) is 0 Å². The summed E-state index contributed by atoms with van der Waals surface area (Å²) in [6.07, 6.45) is 7.29. The molecule has 0 fully saturated rings. The third kappa shape index (κ3) is 2.99. The van der Waals surface area contributed by atoms with Gasteiger partial charge in [0, 0.05) is 18.6 Å². The lowest BCUT2D eigenvalue weighted by Crippen LogP contribution is -2.01. The van der Waals surface area contributed by atoms with Crippen molar-refractivity contribution in [3.63, 3.8) is 0 Å². The van der Waals surface area contributed by atoms with Crippen LogP contribution in [0.15, 0.2) is 36.8 Å². The predicted octanol–water partition coefficient (Wildman–Crippen LogP) is 3.07. The van der Waals surface area contributed by atoms with Crippen LogP contribution in [0.3, 0.4) is 0 Å². The van der Waals surface area contributed by atoms with E-state index in [-0.39, 0.29) is 6.10 Å². The van der Waals surface area contributed by atoms with Crippen LogP contribution in [0.4, 0.5) is 0 Å². The molecule has 0 aliphatic heterocycles. The highest BCUT2D eigenvalue weighted by molar-refractivity contribution is 5.20. The van der Waals surface area contributed by atoms with Crippen LogP contribution in [0.5, 0.6) is 0 Å². The quantitative estimate of drug-likeness (QED) is 0.877. The molecular formula is C15H20N2O. The molecule has 1 unspecified atom stereocenters. The molecule has 0 aromatic carbocycles. The number of aromatic nitrogens is 2. The van der Waals surface area contributed by atoms with Crippen molar-refractivity contribution in [2.75, 3.05) is 0 Å². The second-order valence-electron chi connectivity index (χ2n) is 4.69. The van der Waals surface area contributed by atoms with Gasteiger partial charge in [0.2, 0.25) is 0 Å². The zero-order chi connectivity index (χ0) is 13.0. The molecule has 2 aromatic heterocycles. The maximum atomic E-state index is 9.93. The molecule has 0 aliphatic carbocycles. The first kappa shape index (κ1) is 12.8. The number of aliphatic hydroxyl groups excluding tert-OH is 1. The zero-order valence-corrected chi connectivity index (χ0v) is 11.0. The maximum Gasteiger partial charge on any atom is 0.0804 e. The van der Waals surface area contributed by atoms with Crippen molar-refractivity contribution in [1.82, 2.24) is 9.55 Å². The van der Waals surface area contributed by atoms with Gasteiger partial charge in [0.25, 0.3) is 0 Å². The largest absolute Gasteiger partial charge is 0.388 e. The van der Waals surface area contributed by atoms with Gasteiger partial charge in [-0.15, -0.1) is 0 Å².